The third-order valence-corrected chi connectivity index (χ3v) is 1.62. The third-order valence-electron chi connectivity index (χ3n) is 1.62. The predicted octanol–water partition coefficient (Wildman–Crippen LogP) is 2.28. The first-order valence-corrected chi connectivity index (χ1v) is 4.03. The molecule has 0 aliphatic rings. The van der Waals surface area contributed by atoms with Gasteiger partial charge in [-0.25, -0.2) is 4.98 Å². The molecule has 0 bridgehead atoms. The minimum absolute atomic E-state index is 0.203. The van der Waals surface area contributed by atoms with E-state index in [1.54, 1.807) is 6.07 Å². The lowest BCUT2D eigenvalue weighted by molar-refractivity contribution is -0.189. The molecule has 6 heteroatoms. The smallest absolute Gasteiger partial charge is 0.425 e. The molecule has 1 rings (SSSR count). The summed E-state index contributed by atoms with van der Waals surface area (Å²) < 4.78 is 40.8. The molecule has 0 fully saturated rings. The average molecular weight is 216 g/mol. The first-order valence-electron chi connectivity index (χ1n) is 4.03. The van der Waals surface area contributed by atoms with E-state index in [-0.39, 0.29) is 11.4 Å². The van der Waals surface area contributed by atoms with E-state index in [2.05, 4.69) is 9.72 Å². The van der Waals surface area contributed by atoms with Crippen molar-refractivity contribution >= 4 is 0 Å². The summed E-state index contributed by atoms with van der Waals surface area (Å²) in [4.78, 5) is 3.57. The Balaban J connectivity index is 2.78. The van der Waals surface area contributed by atoms with Gasteiger partial charge in [-0.1, -0.05) is 0 Å². The fraction of sp³-hybridized carbons (Fsp3) is 0.333. The highest BCUT2D eigenvalue weighted by molar-refractivity contribution is 5.31. The van der Waals surface area contributed by atoms with Crippen molar-refractivity contribution in [3.8, 4) is 11.9 Å². The van der Waals surface area contributed by atoms with Gasteiger partial charge in [0.2, 0.25) is 5.88 Å². The van der Waals surface area contributed by atoms with Gasteiger partial charge in [-0.15, -0.1) is 0 Å². The van der Waals surface area contributed by atoms with E-state index in [1.807, 2.05) is 0 Å². The minimum Gasteiger partial charge on any atom is -0.465 e. The van der Waals surface area contributed by atoms with Gasteiger partial charge in [0.05, 0.1) is 11.6 Å². The molecule has 1 aromatic heterocycles. The molecule has 1 aromatic rings. The molecule has 1 heterocycles. The van der Waals surface area contributed by atoms with Gasteiger partial charge in [0.1, 0.15) is 0 Å². The topological polar surface area (TPSA) is 45.9 Å². The van der Waals surface area contributed by atoms with Crippen molar-refractivity contribution in [1.82, 2.24) is 4.98 Å². The summed E-state index contributed by atoms with van der Waals surface area (Å²) in [5, 5.41) is 8.50. The monoisotopic (exact) mass is 216 g/mol. The fourth-order valence-corrected chi connectivity index (χ4v) is 0.791. The number of nitrogens with zero attached hydrogens (tertiary/aromatic N) is 2. The number of hydrogen-bond acceptors (Lipinski definition) is 3. The van der Waals surface area contributed by atoms with Gasteiger partial charge in [0.15, 0.2) is 6.10 Å². The molecule has 15 heavy (non-hydrogen) atoms. The highest BCUT2D eigenvalue weighted by Crippen LogP contribution is 2.23. The van der Waals surface area contributed by atoms with Crippen LogP contribution in [0.4, 0.5) is 13.2 Å². The molecule has 0 aliphatic carbocycles. The molecule has 0 amide bonds. The Hall–Kier alpha value is -1.77. The first-order chi connectivity index (χ1) is 6.93. The first kappa shape index (κ1) is 11.3. The second-order valence-electron chi connectivity index (χ2n) is 2.80. The van der Waals surface area contributed by atoms with E-state index in [0.717, 1.165) is 13.0 Å². The van der Waals surface area contributed by atoms with Crippen LogP contribution in [0.3, 0.4) is 0 Å². The van der Waals surface area contributed by atoms with Crippen LogP contribution in [-0.4, -0.2) is 17.3 Å². The molecule has 0 saturated carbocycles. The summed E-state index contributed by atoms with van der Waals surface area (Å²) in [7, 11) is 0. The van der Waals surface area contributed by atoms with E-state index in [1.165, 1.54) is 12.3 Å². The molecule has 0 spiro atoms. The fourth-order valence-electron chi connectivity index (χ4n) is 0.791. The van der Waals surface area contributed by atoms with E-state index in [0.29, 0.717) is 0 Å². The lowest BCUT2D eigenvalue weighted by atomic mass is 10.3. The van der Waals surface area contributed by atoms with Crippen LogP contribution in [0.25, 0.3) is 0 Å². The maximum absolute atomic E-state index is 12.1. The lowest BCUT2D eigenvalue weighted by Crippen LogP contribution is -2.31. The molecule has 1 unspecified atom stereocenters. The number of nitriles is 1. The lowest BCUT2D eigenvalue weighted by Gasteiger charge is -2.16. The largest absolute Gasteiger partial charge is 0.465 e. The number of halogens is 3. The highest BCUT2D eigenvalue weighted by atomic mass is 19.4. The van der Waals surface area contributed by atoms with Crippen molar-refractivity contribution in [3.05, 3.63) is 23.9 Å². The Bertz CT molecular complexity index is 384. The van der Waals surface area contributed by atoms with E-state index < -0.39 is 12.3 Å². The van der Waals surface area contributed by atoms with Crippen LogP contribution in [0.1, 0.15) is 12.5 Å². The Morgan fingerprint density at radius 2 is 2.20 bits per heavy atom. The van der Waals surface area contributed by atoms with Gasteiger partial charge in [0, 0.05) is 12.3 Å². The van der Waals surface area contributed by atoms with E-state index in [9.17, 15) is 13.2 Å². The second kappa shape index (κ2) is 4.17. The molecule has 0 saturated heterocycles. The van der Waals surface area contributed by atoms with Crippen LogP contribution in [0.15, 0.2) is 18.3 Å². The maximum Gasteiger partial charge on any atom is 0.425 e. The number of ether oxygens (including phenoxy) is 1. The zero-order valence-electron chi connectivity index (χ0n) is 7.75. The Morgan fingerprint density at radius 1 is 1.53 bits per heavy atom. The summed E-state index contributed by atoms with van der Waals surface area (Å²) >= 11 is 0. The molecular weight excluding hydrogens is 209 g/mol. The normalized spacial score (nSPS) is 13.0. The molecule has 0 aromatic carbocycles. The molecule has 80 valence electrons. The summed E-state index contributed by atoms with van der Waals surface area (Å²) in [5.41, 5.74) is 0.203. The molecule has 1 atom stereocenters. The summed E-state index contributed by atoms with van der Waals surface area (Å²) in [6.45, 7) is 0.876. The van der Waals surface area contributed by atoms with E-state index >= 15 is 0 Å². The maximum atomic E-state index is 12.1. The summed E-state index contributed by atoms with van der Waals surface area (Å²) in [6.07, 6.45) is -5.17. The van der Waals surface area contributed by atoms with E-state index in [4.69, 9.17) is 5.26 Å². The van der Waals surface area contributed by atoms with Gasteiger partial charge in [-0.05, 0) is 13.0 Å². The van der Waals surface area contributed by atoms with Crippen LogP contribution in [-0.2, 0) is 0 Å². The minimum atomic E-state index is -4.44. The van der Waals surface area contributed by atoms with Crippen LogP contribution in [0.2, 0.25) is 0 Å². The van der Waals surface area contributed by atoms with Crippen molar-refractivity contribution in [1.29, 1.82) is 5.26 Å². The van der Waals surface area contributed by atoms with Crippen molar-refractivity contribution in [2.45, 2.75) is 19.2 Å². The number of aromatic nitrogens is 1. The standard InChI is InChI=1S/C9H7F3N2O/c1-6(9(10,11)12)15-8-4-7(5-13)2-3-14-8/h2-4,6H,1H3. The third kappa shape index (κ3) is 3.13. The number of rotatable bonds is 2. The van der Waals surface area contributed by atoms with Gasteiger partial charge < -0.3 is 4.74 Å². The summed E-state index contributed by atoms with van der Waals surface area (Å²) in [5.74, 6) is -0.209. The summed E-state index contributed by atoms with van der Waals surface area (Å²) in [6, 6.07) is 4.31. The Labute approximate surface area is 84.1 Å². The number of alkyl halides is 3. The molecule has 0 aliphatic heterocycles. The van der Waals surface area contributed by atoms with Crippen LogP contribution in [0.5, 0.6) is 5.88 Å². The zero-order valence-corrected chi connectivity index (χ0v) is 7.75. The van der Waals surface area contributed by atoms with Crippen molar-refractivity contribution < 1.29 is 17.9 Å². The van der Waals surface area contributed by atoms with Gasteiger partial charge in [0.25, 0.3) is 0 Å². The number of pyridine rings is 1. The Morgan fingerprint density at radius 3 is 2.73 bits per heavy atom. The van der Waals surface area contributed by atoms with Gasteiger partial charge in [-0.2, -0.15) is 18.4 Å². The molecular formula is C9H7F3N2O. The van der Waals surface area contributed by atoms with Crippen molar-refractivity contribution in [2.75, 3.05) is 0 Å². The molecule has 0 radical (unpaired) electrons. The van der Waals surface area contributed by atoms with Crippen LogP contribution in [0, 0.1) is 11.3 Å². The average Bonchev–Trinajstić information content (AvgIpc) is 2.16. The predicted molar refractivity (Wildman–Crippen MR) is 45.1 cm³/mol. The van der Waals surface area contributed by atoms with Gasteiger partial charge >= 0.3 is 6.18 Å². The number of hydrogen-bond donors (Lipinski definition) is 0. The second-order valence-corrected chi connectivity index (χ2v) is 2.80. The quantitative estimate of drug-likeness (QED) is 0.761. The molecule has 3 nitrogen and oxygen atoms in total. The van der Waals surface area contributed by atoms with Crippen molar-refractivity contribution in [3.63, 3.8) is 0 Å². The molecule has 0 N–H and O–H groups in total. The SMILES string of the molecule is CC(Oc1cc(C#N)ccn1)C(F)(F)F. The highest BCUT2D eigenvalue weighted by Gasteiger charge is 2.38. The Kier molecular flexibility index (Phi) is 3.14. The van der Waals surface area contributed by atoms with Crippen molar-refractivity contribution in [2.24, 2.45) is 0 Å². The van der Waals surface area contributed by atoms with Crippen LogP contribution >= 0.6 is 0 Å². The zero-order chi connectivity index (χ0) is 11.5. The van der Waals surface area contributed by atoms with Crippen LogP contribution < -0.4 is 4.74 Å². The van der Waals surface area contributed by atoms with Gasteiger partial charge in [-0.3, -0.25) is 0 Å².